The van der Waals surface area contributed by atoms with Gasteiger partial charge in [0, 0.05) is 26.8 Å². The summed E-state index contributed by atoms with van der Waals surface area (Å²) in [7, 11) is 1.59. The molecule has 0 aliphatic heterocycles. The maximum Gasteiger partial charge on any atom is 0.190 e. The molecule has 0 spiro atoms. The molecule has 1 aromatic rings. The Balaban J connectivity index is 2.52. The average molecular weight is 289 g/mol. The molecule has 0 amide bonds. The van der Waals surface area contributed by atoms with Crippen LogP contribution in [0.2, 0.25) is 0 Å². The minimum Gasteiger partial charge on any atom is -0.488 e. The van der Waals surface area contributed by atoms with E-state index < -0.39 is 11.6 Å². The van der Waals surface area contributed by atoms with Gasteiger partial charge in [-0.3, -0.25) is 0 Å². The normalized spacial score (nSPS) is 10.8. The third-order valence-corrected chi connectivity index (χ3v) is 2.67. The van der Waals surface area contributed by atoms with E-state index in [1.54, 1.807) is 7.11 Å². The Kier molecular flexibility index (Phi) is 8.10. The molecule has 0 saturated carbocycles. The Morgan fingerprint density at radius 2 is 1.85 bits per heavy atom. The molecule has 2 N–H and O–H groups in total. The number of hydrogen-bond donors (Lipinski definition) is 2. The van der Waals surface area contributed by atoms with E-state index in [1.165, 1.54) is 12.1 Å². The molecular weight excluding hydrogens is 268 g/mol. The van der Waals surface area contributed by atoms with Crippen molar-refractivity contribution in [2.45, 2.75) is 19.4 Å². The summed E-state index contributed by atoms with van der Waals surface area (Å²) in [6.07, 6.45) is 1.10. The highest BCUT2D eigenvalue weighted by molar-refractivity contribution is 5.31. The van der Waals surface area contributed by atoms with Crippen molar-refractivity contribution in [1.29, 1.82) is 0 Å². The fourth-order valence-corrected chi connectivity index (χ4v) is 1.65. The molecule has 0 atom stereocenters. The van der Waals surface area contributed by atoms with Crippen LogP contribution < -0.4 is 10.1 Å². The van der Waals surface area contributed by atoms with E-state index in [2.05, 4.69) is 5.32 Å². The molecule has 0 aromatic heterocycles. The first-order chi connectivity index (χ1) is 9.69. The van der Waals surface area contributed by atoms with Crippen molar-refractivity contribution in [2.24, 2.45) is 0 Å². The first kappa shape index (κ1) is 16.8. The van der Waals surface area contributed by atoms with Gasteiger partial charge in [0.25, 0.3) is 0 Å². The van der Waals surface area contributed by atoms with Gasteiger partial charge in [-0.25, -0.2) is 8.78 Å². The third-order valence-electron chi connectivity index (χ3n) is 2.67. The molecule has 0 fully saturated rings. The van der Waals surface area contributed by atoms with Gasteiger partial charge in [-0.2, -0.15) is 0 Å². The topological polar surface area (TPSA) is 50.7 Å². The largest absolute Gasteiger partial charge is 0.488 e. The highest BCUT2D eigenvalue weighted by Gasteiger charge is 2.12. The lowest BCUT2D eigenvalue weighted by molar-refractivity contribution is 0.199. The molecule has 0 saturated heterocycles. The van der Waals surface area contributed by atoms with Crippen LogP contribution in [0, 0.1) is 11.6 Å². The lowest BCUT2D eigenvalue weighted by Gasteiger charge is -2.10. The quantitative estimate of drug-likeness (QED) is 0.646. The predicted molar refractivity (Wildman–Crippen MR) is 71.8 cm³/mol. The predicted octanol–water partition coefficient (Wildman–Crippen LogP) is 1.85. The van der Waals surface area contributed by atoms with Crippen LogP contribution in [0.3, 0.4) is 0 Å². The smallest absolute Gasteiger partial charge is 0.190 e. The zero-order valence-corrected chi connectivity index (χ0v) is 11.6. The second kappa shape index (κ2) is 9.63. The number of rotatable bonds is 10. The van der Waals surface area contributed by atoms with Crippen LogP contribution >= 0.6 is 0 Å². The zero-order valence-electron chi connectivity index (χ0n) is 11.6. The summed E-state index contributed by atoms with van der Waals surface area (Å²) in [6.45, 7) is 1.73. The number of unbranched alkanes of at least 4 members (excludes halogenated alkanes) is 1. The Hall–Kier alpha value is -1.24. The van der Waals surface area contributed by atoms with Gasteiger partial charge in [0.1, 0.15) is 0 Å². The van der Waals surface area contributed by atoms with Crippen LogP contribution in [0.4, 0.5) is 8.78 Å². The SMILES string of the molecule is COCCNCc1cc(F)c(OCCCCO)c(F)c1. The molecule has 0 radical (unpaired) electrons. The van der Waals surface area contributed by atoms with Gasteiger partial charge < -0.3 is 19.9 Å². The molecule has 0 aliphatic rings. The molecule has 1 rings (SSSR count). The number of hydrogen-bond acceptors (Lipinski definition) is 4. The van der Waals surface area contributed by atoms with Crippen molar-refractivity contribution in [3.63, 3.8) is 0 Å². The Morgan fingerprint density at radius 1 is 1.15 bits per heavy atom. The maximum absolute atomic E-state index is 13.7. The van der Waals surface area contributed by atoms with E-state index in [1.807, 2.05) is 0 Å². The van der Waals surface area contributed by atoms with E-state index in [0.29, 0.717) is 38.1 Å². The lowest BCUT2D eigenvalue weighted by atomic mass is 10.2. The van der Waals surface area contributed by atoms with Crippen LogP contribution in [0.15, 0.2) is 12.1 Å². The van der Waals surface area contributed by atoms with E-state index in [0.717, 1.165) is 0 Å². The van der Waals surface area contributed by atoms with Crippen LogP contribution in [0.1, 0.15) is 18.4 Å². The van der Waals surface area contributed by atoms with Gasteiger partial charge in [0.05, 0.1) is 13.2 Å². The van der Waals surface area contributed by atoms with E-state index in [4.69, 9.17) is 14.6 Å². The Morgan fingerprint density at radius 3 is 2.45 bits per heavy atom. The van der Waals surface area contributed by atoms with Crippen molar-refractivity contribution in [3.8, 4) is 5.75 Å². The summed E-state index contributed by atoms with van der Waals surface area (Å²) in [5.41, 5.74) is 0.513. The highest BCUT2D eigenvalue weighted by atomic mass is 19.1. The minimum atomic E-state index is -0.711. The second-order valence-corrected chi connectivity index (χ2v) is 4.34. The summed E-state index contributed by atoms with van der Waals surface area (Å²) < 4.78 is 37.4. The van der Waals surface area contributed by atoms with E-state index in [9.17, 15) is 8.78 Å². The van der Waals surface area contributed by atoms with Crippen molar-refractivity contribution in [2.75, 3.05) is 33.5 Å². The Labute approximate surface area is 117 Å². The van der Waals surface area contributed by atoms with Gasteiger partial charge in [0.15, 0.2) is 17.4 Å². The Bertz CT molecular complexity index is 379. The third kappa shape index (κ3) is 5.81. The van der Waals surface area contributed by atoms with Gasteiger partial charge in [-0.1, -0.05) is 0 Å². The lowest BCUT2D eigenvalue weighted by Crippen LogP contribution is -2.18. The van der Waals surface area contributed by atoms with Crippen LogP contribution in [-0.2, 0) is 11.3 Å². The fourth-order valence-electron chi connectivity index (χ4n) is 1.65. The number of ether oxygens (including phenoxy) is 2. The molecule has 1 aromatic carbocycles. The highest BCUT2D eigenvalue weighted by Crippen LogP contribution is 2.23. The summed E-state index contributed by atoms with van der Waals surface area (Å²) in [6, 6.07) is 2.51. The summed E-state index contributed by atoms with van der Waals surface area (Å²) in [5.74, 6) is -1.78. The summed E-state index contributed by atoms with van der Waals surface area (Å²) >= 11 is 0. The van der Waals surface area contributed by atoms with Crippen molar-refractivity contribution in [3.05, 3.63) is 29.3 Å². The maximum atomic E-state index is 13.7. The standard InChI is InChI=1S/C14H21F2NO3/c1-19-7-4-17-10-11-8-12(15)14(13(16)9-11)20-6-3-2-5-18/h8-9,17-18H,2-7,10H2,1H3. The van der Waals surface area contributed by atoms with Crippen LogP contribution in [-0.4, -0.2) is 38.6 Å². The molecule has 0 heterocycles. The monoisotopic (exact) mass is 289 g/mol. The molecule has 6 heteroatoms. The first-order valence-corrected chi connectivity index (χ1v) is 6.60. The van der Waals surface area contributed by atoms with Crippen LogP contribution in [0.25, 0.3) is 0 Å². The minimum absolute atomic E-state index is 0.0421. The van der Waals surface area contributed by atoms with Crippen molar-refractivity contribution < 1.29 is 23.4 Å². The van der Waals surface area contributed by atoms with Gasteiger partial charge in [-0.15, -0.1) is 0 Å². The van der Waals surface area contributed by atoms with Gasteiger partial charge in [-0.05, 0) is 30.5 Å². The first-order valence-electron chi connectivity index (χ1n) is 6.60. The van der Waals surface area contributed by atoms with E-state index >= 15 is 0 Å². The molecule has 0 aliphatic carbocycles. The molecule has 20 heavy (non-hydrogen) atoms. The summed E-state index contributed by atoms with van der Waals surface area (Å²) in [4.78, 5) is 0. The molecular formula is C14H21F2NO3. The molecule has 114 valence electrons. The van der Waals surface area contributed by atoms with Crippen molar-refractivity contribution >= 4 is 0 Å². The van der Waals surface area contributed by atoms with Crippen molar-refractivity contribution in [1.82, 2.24) is 5.32 Å². The van der Waals surface area contributed by atoms with Gasteiger partial charge >= 0.3 is 0 Å². The number of nitrogens with one attached hydrogen (secondary N) is 1. The van der Waals surface area contributed by atoms with Crippen LogP contribution in [0.5, 0.6) is 5.75 Å². The second-order valence-electron chi connectivity index (χ2n) is 4.34. The zero-order chi connectivity index (χ0) is 14.8. The number of aliphatic hydroxyl groups is 1. The summed E-state index contributed by atoms with van der Waals surface area (Å²) in [5, 5.41) is 11.6. The average Bonchev–Trinajstić information content (AvgIpc) is 2.42. The number of aliphatic hydroxyl groups excluding tert-OH is 1. The number of halogens is 2. The molecule has 0 unspecified atom stereocenters. The number of benzene rings is 1. The fraction of sp³-hybridized carbons (Fsp3) is 0.571. The van der Waals surface area contributed by atoms with E-state index in [-0.39, 0.29) is 19.0 Å². The molecule has 4 nitrogen and oxygen atoms in total. The van der Waals surface area contributed by atoms with Gasteiger partial charge in [0.2, 0.25) is 0 Å². The molecule has 0 bridgehead atoms. The number of methoxy groups -OCH3 is 1.